The number of halogens is 2. The minimum Gasteiger partial charge on any atom is -0.388 e. The smallest absolute Gasteiger partial charge is 0.131 e. The van der Waals surface area contributed by atoms with Gasteiger partial charge in [-0.05, 0) is 25.0 Å². The Balaban J connectivity index is 2.33. The molecule has 0 aliphatic heterocycles. The van der Waals surface area contributed by atoms with Crippen LogP contribution in [0.15, 0.2) is 18.2 Å². The third-order valence-electron chi connectivity index (χ3n) is 4.61. The molecule has 1 unspecified atom stereocenters. The summed E-state index contributed by atoms with van der Waals surface area (Å²) < 4.78 is 27.8. The minimum atomic E-state index is -1.17. The van der Waals surface area contributed by atoms with E-state index in [4.69, 9.17) is 5.73 Å². The van der Waals surface area contributed by atoms with Crippen molar-refractivity contribution >= 4 is 0 Å². The van der Waals surface area contributed by atoms with E-state index in [2.05, 4.69) is 0 Å². The Kier molecular flexibility index (Phi) is 5.11. The molecular formula is C16H23F2NO. The lowest BCUT2D eigenvalue weighted by atomic mass is 9.70. The summed E-state index contributed by atoms with van der Waals surface area (Å²) in [6.07, 6.45) is 5.53. The quantitative estimate of drug-likeness (QED) is 0.888. The predicted octanol–water partition coefficient (Wildman–Crippen LogP) is 3.69. The molecule has 0 amide bonds. The average molecular weight is 283 g/mol. The summed E-state index contributed by atoms with van der Waals surface area (Å²) >= 11 is 0. The molecule has 1 fully saturated rings. The van der Waals surface area contributed by atoms with Crippen molar-refractivity contribution in [1.29, 1.82) is 0 Å². The zero-order valence-electron chi connectivity index (χ0n) is 11.7. The third-order valence-corrected chi connectivity index (χ3v) is 4.61. The van der Waals surface area contributed by atoms with Crippen LogP contribution in [0.4, 0.5) is 8.78 Å². The topological polar surface area (TPSA) is 46.2 Å². The van der Waals surface area contributed by atoms with Gasteiger partial charge in [0.15, 0.2) is 0 Å². The number of hydrogen-bond donors (Lipinski definition) is 2. The van der Waals surface area contributed by atoms with Gasteiger partial charge in [0.1, 0.15) is 11.6 Å². The normalized spacial score (nSPS) is 21.0. The fourth-order valence-corrected chi connectivity index (χ4v) is 3.28. The predicted molar refractivity (Wildman–Crippen MR) is 75.1 cm³/mol. The molecule has 0 heterocycles. The van der Waals surface area contributed by atoms with Gasteiger partial charge in [0.2, 0.25) is 0 Å². The second-order valence-corrected chi connectivity index (χ2v) is 5.87. The Hall–Kier alpha value is -1.00. The largest absolute Gasteiger partial charge is 0.388 e. The molecule has 4 heteroatoms. The zero-order valence-corrected chi connectivity index (χ0v) is 11.7. The standard InChI is InChI=1S/C16H23F2NO/c17-12-7-6-8-13(18)14(12)15(20)16(11-19)9-4-2-1-3-5-10-16/h6-8,15,20H,1-5,9-11,19H2. The lowest BCUT2D eigenvalue weighted by Gasteiger charge is -2.39. The van der Waals surface area contributed by atoms with Crippen LogP contribution in [-0.2, 0) is 0 Å². The van der Waals surface area contributed by atoms with Gasteiger partial charge in [-0.3, -0.25) is 0 Å². The molecule has 1 saturated carbocycles. The summed E-state index contributed by atoms with van der Waals surface area (Å²) in [6, 6.07) is 3.69. The molecule has 112 valence electrons. The molecule has 3 N–H and O–H groups in total. The van der Waals surface area contributed by atoms with Crippen molar-refractivity contribution in [3.63, 3.8) is 0 Å². The van der Waals surface area contributed by atoms with Gasteiger partial charge in [-0.1, -0.05) is 38.2 Å². The highest BCUT2D eigenvalue weighted by Crippen LogP contribution is 2.44. The summed E-state index contributed by atoms with van der Waals surface area (Å²) in [6.45, 7) is 0.252. The number of aliphatic hydroxyl groups is 1. The molecule has 20 heavy (non-hydrogen) atoms. The van der Waals surface area contributed by atoms with E-state index in [1.807, 2.05) is 0 Å². The van der Waals surface area contributed by atoms with Crippen molar-refractivity contribution in [3.8, 4) is 0 Å². The summed E-state index contributed by atoms with van der Waals surface area (Å²) in [4.78, 5) is 0. The van der Waals surface area contributed by atoms with Gasteiger partial charge in [-0.25, -0.2) is 8.78 Å². The van der Waals surface area contributed by atoms with Crippen LogP contribution in [0.2, 0.25) is 0 Å². The van der Waals surface area contributed by atoms with E-state index >= 15 is 0 Å². The summed E-state index contributed by atoms with van der Waals surface area (Å²) in [5.41, 5.74) is 5.06. The van der Waals surface area contributed by atoms with Crippen molar-refractivity contribution in [2.24, 2.45) is 11.1 Å². The van der Waals surface area contributed by atoms with Crippen LogP contribution < -0.4 is 5.73 Å². The first-order chi connectivity index (χ1) is 9.60. The van der Waals surface area contributed by atoms with Crippen molar-refractivity contribution in [2.45, 2.75) is 51.0 Å². The van der Waals surface area contributed by atoms with E-state index in [0.717, 1.165) is 38.5 Å². The van der Waals surface area contributed by atoms with Gasteiger partial charge in [-0.2, -0.15) is 0 Å². The highest BCUT2D eigenvalue weighted by atomic mass is 19.1. The van der Waals surface area contributed by atoms with Crippen molar-refractivity contribution in [2.75, 3.05) is 6.54 Å². The lowest BCUT2D eigenvalue weighted by Crippen LogP contribution is -2.38. The first kappa shape index (κ1) is 15.4. The average Bonchev–Trinajstić information content (AvgIpc) is 2.39. The SMILES string of the molecule is NCC1(C(O)c2c(F)cccc2F)CCCCCCC1. The monoisotopic (exact) mass is 283 g/mol. The molecular weight excluding hydrogens is 260 g/mol. The second-order valence-electron chi connectivity index (χ2n) is 5.87. The van der Waals surface area contributed by atoms with Gasteiger partial charge in [0, 0.05) is 12.0 Å². The van der Waals surface area contributed by atoms with E-state index < -0.39 is 23.2 Å². The van der Waals surface area contributed by atoms with Crippen molar-refractivity contribution in [1.82, 2.24) is 0 Å². The van der Waals surface area contributed by atoms with Gasteiger partial charge < -0.3 is 10.8 Å². The van der Waals surface area contributed by atoms with Crippen LogP contribution in [0.25, 0.3) is 0 Å². The van der Waals surface area contributed by atoms with Crippen LogP contribution >= 0.6 is 0 Å². The molecule has 1 aromatic carbocycles. The molecule has 0 aromatic heterocycles. The number of benzene rings is 1. The summed E-state index contributed by atoms with van der Waals surface area (Å²) in [7, 11) is 0. The summed E-state index contributed by atoms with van der Waals surface area (Å²) in [5.74, 6) is -1.38. The Morgan fingerprint density at radius 2 is 1.55 bits per heavy atom. The molecule has 1 aliphatic rings. The molecule has 2 nitrogen and oxygen atoms in total. The third kappa shape index (κ3) is 3.01. The Morgan fingerprint density at radius 1 is 1.05 bits per heavy atom. The maximum atomic E-state index is 13.9. The van der Waals surface area contributed by atoms with Crippen LogP contribution in [0.5, 0.6) is 0 Å². The molecule has 0 spiro atoms. The summed E-state index contributed by atoms with van der Waals surface area (Å²) in [5, 5.41) is 10.6. The van der Waals surface area contributed by atoms with Gasteiger partial charge in [0.05, 0.1) is 11.7 Å². The van der Waals surface area contributed by atoms with E-state index in [-0.39, 0.29) is 12.1 Å². The van der Waals surface area contributed by atoms with Crippen LogP contribution in [-0.4, -0.2) is 11.7 Å². The first-order valence-electron chi connectivity index (χ1n) is 7.43. The minimum absolute atomic E-state index is 0.224. The van der Waals surface area contributed by atoms with Gasteiger partial charge in [0.25, 0.3) is 0 Å². The molecule has 2 rings (SSSR count). The number of hydrogen-bond acceptors (Lipinski definition) is 2. The maximum absolute atomic E-state index is 13.9. The number of rotatable bonds is 3. The van der Waals surface area contributed by atoms with Gasteiger partial charge in [-0.15, -0.1) is 0 Å². The highest BCUT2D eigenvalue weighted by molar-refractivity contribution is 5.24. The Morgan fingerprint density at radius 3 is 2.05 bits per heavy atom. The lowest BCUT2D eigenvalue weighted by molar-refractivity contribution is 0.00366. The highest BCUT2D eigenvalue weighted by Gasteiger charge is 2.39. The molecule has 1 atom stereocenters. The fourth-order valence-electron chi connectivity index (χ4n) is 3.28. The first-order valence-corrected chi connectivity index (χ1v) is 7.43. The van der Waals surface area contributed by atoms with Crippen molar-refractivity contribution in [3.05, 3.63) is 35.4 Å². The number of aliphatic hydroxyl groups excluding tert-OH is 1. The Labute approximate surface area is 119 Å². The molecule has 0 bridgehead atoms. The second kappa shape index (κ2) is 6.64. The van der Waals surface area contributed by atoms with E-state index in [1.54, 1.807) is 0 Å². The van der Waals surface area contributed by atoms with Crippen LogP contribution in [0.3, 0.4) is 0 Å². The molecule has 1 aromatic rings. The van der Waals surface area contributed by atoms with E-state index in [9.17, 15) is 13.9 Å². The van der Waals surface area contributed by atoms with Crippen molar-refractivity contribution < 1.29 is 13.9 Å². The molecule has 0 saturated heterocycles. The number of nitrogens with two attached hydrogens (primary N) is 1. The molecule has 0 radical (unpaired) electrons. The Bertz CT molecular complexity index is 422. The molecule has 1 aliphatic carbocycles. The van der Waals surface area contributed by atoms with Crippen LogP contribution in [0, 0.1) is 17.0 Å². The maximum Gasteiger partial charge on any atom is 0.131 e. The fraction of sp³-hybridized carbons (Fsp3) is 0.625. The van der Waals surface area contributed by atoms with E-state index in [1.165, 1.54) is 24.6 Å². The zero-order chi connectivity index (χ0) is 14.6. The van der Waals surface area contributed by atoms with Gasteiger partial charge >= 0.3 is 0 Å². The van der Waals surface area contributed by atoms with Crippen LogP contribution in [0.1, 0.15) is 56.6 Å². The van der Waals surface area contributed by atoms with E-state index in [0.29, 0.717) is 0 Å².